The van der Waals surface area contributed by atoms with Crippen LogP contribution in [0.3, 0.4) is 0 Å². The van der Waals surface area contributed by atoms with Crippen molar-refractivity contribution in [3.63, 3.8) is 0 Å². The summed E-state index contributed by atoms with van der Waals surface area (Å²) in [5.74, 6) is 1.98. The molecular weight excluding hydrogens is 615 g/mol. The Kier molecular flexibility index (Phi) is 6.36. The van der Waals surface area contributed by atoms with Crippen molar-refractivity contribution in [1.29, 1.82) is 0 Å². The Morgan fingerprint density at radius 3 is 1.49 bits per heavy atom. The molecule has 3 nitrogen and oxygen atoms in total. The second kappa shape index (κ2) is 11.2. The normalized spacial score (nSPS) is 11.7. The Bertz CT molecular complexity index is 2780. The van der Waals surface area contributed by atoms with E-state index in [0.717, 1.165) is 43.6 Å². The third-order valence-corrected chi connectivity index (χ3v) is 10.7. The summed E-state index contributed by atoms with van der Waals surface area (Å²) in [7, 11) is 0. The number of aromatic nitrogens is 3. The van der Waals surface area contributed by atoms with Crippen LogP contribution in [-0.4, -0.2) is 15.0 Å². The van der Waals surface area contributed by atoms with E-state index in [4.69, 9.17) is 15.0 Å². The third-order valence-electron chi connectivity index (χ3n) is 9.52. The highest BCUT2D eigenvalue weighted by atomic mass is 32.1. The number of benzene rings is 8. The zero-order valence-corrected chi connectivity index (χ0v) is 27.2. The lowest BCUT2D eigenvalue weighted by Crippen LogP contribution is -2.01. The van der Waals surface area contributed by atoms with Crippen LogP contribution in [0.1, 0.15) is 0 Å². The van der Waals surface area contributed by atoms with Crippen LogP contribution in [0.15, 0.2) is 164 Å². The van der Waals surface area contributed by atoms with Gasteiger partial charge >= 0.3 is 0 Å². The maximum atomic E-state index is 5.31. The molecule has 0 atom stereocenters. The first-order valence-corrected chi connectivity index (χ1v) is 17.3. The van der Waals surface area contributed by atoms with Gasteiger partial charge < -0.3 is 0 Å². The maximum absolute atomic E-state index is 5.31. The summed E-state index contributed by atoms with van der Waals surface area (Å²) < 4.78 is 2.54. The zero-order chi connectivity index (χ0) is 32.3. The fourth-order valence-electron chi connectivity index (χ4n) is 7.27. The van der Waals surface area contributed by atoms with Crippen molar-refractivity contribution < 1.29 is 0 Å². The molecule has 0 saturated heterocycles. The Labute approximate surface area is 286 Å². The van der Waals surface area contributed by atoms with Gasteiger partial charge in [0.25, 0.3) is 0 Å². The van der Waals surface area contributed by atoms with Crippen molar-refractivity contribution in [2.24, 2.45) is 0 Å². The molecule has 0 saturated carbocycles. The van der Waals surface area contributed by atoms with Gasteiger partial charge in [-0.1, -0.05) is 152 Å². The molecule has 0 radical (unpaired) electrons. The van der Waals surface area contributed by atoms with Crippen LogP contribution in [0, 0.1) is 0 Å². The molecule has 2 heterocycles. The van der Waals surface area contributed by atoms with E-state index in [0.29, 0.717) is 17.5 Å². The molecule has 0 unspecified atom stereocenters. The summed E-state index contributed by atoms with van der Waals surface area (Å²) >= 11 is 1.85. The molecule has 0 aliphatic carbocycles. The fourth-order valence-corrected chi connectivity index (χ4v) is 8.52. The Hall–Kier alpha value is -6.23. The van der Waals surface area contributed by atoms with E-state index in [-0.39, 0.29) is 0 Å². The van der Waals surface area contributed by atoms with Gasteiger partial charge in [-0.3, -0.25) is 0 Å². The molecule has 10 rings (SSSR count). The highest BCUT2D eigenvalue weighted by Gasteiger charge is 2.20. The zero-order valence-electron chi connectivity index (χ0n) is 26.3. The Balaban J connectivity index is 1.32. The fraction of sp³-hybridized carbons (Fsp3) is 0. The van der Waals surface area contributed by atoms with Gasteiger partial charge in [-0.25, -0.2) is 15.0 Å². The van der Waals surface area contributed by atoms with Crippen molar-refractivity contribution in [1.82, 2.24) is 15.0 Å². The molecule has 0 aliphatic rings. The second-order valence-corrected chi connectivity index (χ2v) is 13.4. The van der Waals surface area contributed by atoms with Gasteiger partial charge in [-0.2, -0.15) is 0 Å². The quantitative estimate of drug-likeness (QED) is 0.192. The number of hydrogen-bond acceptors (Lipinski definition) is 4. The minimum absolute atomic E-state index is 0.661. The van der Waals surface area contributed by atoms with E-state index in [9.17, 15) is 0 Å². The van der Waals surface area contributed by atoms with E-state index in [1.54, 1.807) is 0 Å². The summed E-state index contributed by atoms with van der Waals surface area (Å²) in [6, 6.07) is 57.9. The molecule has 10 aromatic rings. The second-order valence-electron chi connectivity index (χ2n) is 12.4. The van der Waals surface area contributed by atoms with E-state index in [2.05, 4.69) is 164 Å². The minimum Gasteiger partial charge on any atom is -0.208 e. The number of thiophene rings is 1. The SMILES string of the molecule is c1ccc(-c2cccc3sc4c5ccccc5c(-c5nc(-c6cccc7ccccc67)nc(-c6cccc7ccccc67)n5)cc4c23)cc1. The van der Waals surface area contributed by atoms with Crippen LogP contribution in [-0.2, 0) is 0 Å². The van der Waals surface area contributed by atoms with Crippen molar-refractivity contribution in [3.8, 4) is 45.3 Å². The monoisotopic (exact) mass is 641 g/mol. The van der Waals surface area contributed by atoms with Gasteiger partial charge in [0, 0.05) is 42.2 Å². The molecule has 0 spiro atoms. The molecule has 0 bridgehead atoms. The maximum Gasteiger partial charge on any atom is 0.164 e. The highest BCUT2D eigenvalue weighted by molar-refractivity contribution is 7.26. The first kappa shape index (κ1) is 27.8. The van der Waals surface area contributed by atoms with Crippen molar-refractivity contribution in [3.05, 3.63) is 164 Å². The molecule has 49 heavy (non-hydrogen) atoms. The van der Waals surface area contributed by atoms with Crippen molar-refractivity contribution >= 4 is 63.8 Å². The summed E-state index contributed by atoms with van der Waals surface area (Å²) in [4.78, 5) is 15.8. The number of rotatable bonds is 4. The summed E-state index contributed by atoms with van der Waals surface area (Å²) in [6.45, 7) is 0. The molecule has 0 N–H and O–H groups in total. The van der Waals surface area contributed by atoms with E-state index in [1.165, 1.54) is 36.7 Å². The van der Waals surface area contributed by atoms with Gasteiger partial charge in [0.15, 0.2) is 17.5 Å². The highest BCUT2D eigenvalue weighted by Crippen LogP contribution is 2.45. The van der Waals surface area contributed by atoms with Gasteiger partial charge in [-0.15, -0.1) is 11.3 Å². The molecule has 0 amide bonds. The van der Waals surface area contributed by atoms with E-state index in [1.807, 2.05) is 11.3 Å². The molecule has 2 aromatic heterocycles. The average molecular weight is 642 g/mol. The topological polar surface area (TPSA) is 38.7 Å². The molecule has 0 fully saturated rings. The number of hydrogen-bond donors (Lipinski definition) is 0. The predicted octanol–water partition coefficient (Wildman–Crippen LogP) is 12.4. The van der Waals surface area contributed by atoms with Crippen LogP contribution in [0.2, 0.25) is 0 Å². The third kappa shape index (κ3) is 4.53. The lowest BCUT2D eigenvalue weighted by Gasteiger charge is -2.13. The summed E-state index contributed by atoms with van der Waals surface area (Å²) in [5, 5.41) is 9.34. The smallest absolute Gasteiger partial charge is 0.164 e. The largest absolute Gasteiger partial charge is 0.208 e. The number of nitrogens with zero attached hydrogens (tertiary/aromatic N) is 3. The summed E-state index contributed by atoms with van der Waals surface area (Å²) in [6.07, 6.45) is 0. The van der Waals surface area contributed by atoms with Crippen LogP contribution in [0.5, 0.6) is 0 Å². The van der Waals surface area contributed by atoms with Crippen LogP contribution in [0.25, 0.3) is 97.8 Å². The van der Waals surface area contributed by atoms with E-state index < -0.39 is 0 Å². The van der Waals surface area contributed by atoms with Crippen LogP contribution in [0.4, 0.5) is 0 Å². The predicted molar refractivity (Wildman–Crippen MR) is 207 cm³/mol. The van der Waals surface area contributed by atoms with Gasteiger partial charge in [0.2, 0.25) is 0 Å². The molecule has 8 aromatic carbocycles. The Morgan fingerprint density at radius 2 is 0.837 bits per heavy atom. The van der Waals surface area contributed by atoms with Crippen LogP contribution >= 0.6 is 11.3 Å². The van der Waals surface area contributed by atoms with Crippen molar-refractivity contribution in [2.45, 2.75) is 0 Å². The number of fused-ring (bicyclic) bond motifs is 7. The Morgan fingerprint density at radius 1 is 0.347 bits per heavy atom. The standard InChI is InChI=1S/C45H27N3S/c1-2-13-30(14-3-1)33-23-12-26-40-41(33)39-27-38(34-21-8-9-22-35(34)42(39)49-40)45-47-43(36-24-10-17-28-15-4-6-19-31(28)36)46-44(48-45)37-25-11-18-29-16-5-7-20-32(29)37/h1-27H. The van der Waals surface area contributed by atoms with Gasteiger partial charge in [-0.05, 0) is 50.2 Å². The minimum atomic E-state index is 0.661. The van der Waals surface area contributed by atoms with Gasteiger partial charge in [0.05, 0.1) is 0 Å². The molecule has 228 valence electrons. The lowest BCUT2D eigenvalue weighted by atomic mass is 9.95. The lowest BCUT2D eigenvalue weighted by molar-refractivity contribution is 1.08. The van der Waals surface area contributed by atoms with Gasteiger partial charge in [0.1, 0.15) is 0 Å². The average Bonchev–Trinajstić information content (AvgIpc) is 3.56. The summed E-state index contributed by atoms with van der Waals surface area (Å²) in [5.41, 5.74) is 5.41. The molecule has 0 aliphatic heterocycles. The van der Waals surface area contributed by atoms with Crippen molar-refractivity contribution in [2.75, 3.05) is 0 Å². The van der Waals surface area contributed by atoms with E-state index >= 15 is 0 Å². The molecule has 4 heteroatoms. The first-order chi connectivity index (χ1) is 24.3. The first-order valence-electron chi connectivity index (χ1n) is 16.5. The molecular formula is C45H27N3S. The van der Waals surface area contributed by atoms with Crippen LogP contribution < -0.4 is 0 Å².